The van der Waals surface area contributed by atoms with Crippen LogP contribution < -0.4 is 11.5 Å². The van der Waals surface area contributed by atoms with Crippen molar-refractivity contribution in [2.45, 2.75) is 31.3 Å². The van der Waals surface area contributed by atoms with Crippen LogP contribution in [0.5, 0.6) is 0 Å². The predicted molar refractivity (Wildman–Crippen MR) is 63.2 cm³/mol. The smallest absolute Gasteiger partial charge is 0.118 e. The van der Waals surface area contributed by atoms with Crippen LogP contribution in [0.3, 0.4) is 0 Å². The third-order valence-electron chi connectivity index (χ3n) is 2.85. The summed E-state index contributed by atoms with van der Waals surface area (Å²) < 4.78 is 5.54. The van der Waals surface area contributed by atoms with E-state index >= 15 is 0 Å². The number of rotatable bonds is 5. The van der Waals surface area contributed by atoms with Crippen LogP contribution in [0.1, 0.15) is 20.3 Å². The molecule has 84 valence electrons. The van der Waals surface area contributed by atoms with Crippen LogP contribution >= 0.6 is 0 Å². The molecule has 1 fully saturated rings. The summed E-state index contributed by atoms with van der Waals surface area (Å²) >= 11 is 0. The van der Waals surface area contributed by atoms with Crippen LogP contribution in [0.25, 0.3) is 0 Å². The van der Waals surface area contributed by atoms with Gasteiger partial charge in [-0.3, -0.25) is 0 Å². The highest BCUT2D eigenvalue weighted by Gasteiger charge is 2.60. The molecular formula is C12H20N2O. The molecule has 0 aromatic carbocycles. The van der Waals surface area contributed by atoms with Gasteiger partial charge in [0, 0.05) is 5.54 Å². The molecule has 0 spiro atoms. The molecule has 3 nitrogen and oxygen atoms in total. The predicted octanol–water partition coefficient (Wildman–Crippen LogP) is 1.47. The van der Waals surface area contributed by atoms with Gasteiger partial charge >= 0.3 is 0 Å². The topological polar surface area (TPSA) is 61.3 Å². The third kappa shape index (κ3) is 2.70. The Labute approximate surface area is 91.5 Å². The van der Waals surface area contributed by atoms with Crippen molar-refractivity contribution in [3.63, 3.8) is 0 Å². The van der Waals surface area contributed by atoms with Crippen LogP contribution in [0.2, 0.25) is 0 Å². The van der Waals surface area contributed by atoms with E-state index in [9.17, 15) is 0 Å². The number of hydrogen-bond acceptors (Lipinski definition) is 3. The standard InChI is InChI=1S/C12H20N2O/c1-4-6-7-10(5-2)15-9-12(14)8-11(12,3)13/h4-7H,2,8-9,13-14H2,1,3H3/b6-4-,10-7+. The Balaban J connectivity index is 2.46. The lowest BCUT2D eigenvalue weighted by atomic mass is 10.2. The van der Waals surface area contributed by atoms with E-state index < -0.39 is 0 Å². The zero-order valence-electron chi connectivity index (χ0n) is 9.49. The molecule has 0 saturated heterocycles. The van der Waals surface area contributed by atoms with E-state index in [1.165, 1.54) is 0 Å². The molecule has 2 unspecified atom stereocenters. The SMILES string of the molecule is C=C/C(=C\C=C/C)OCC1(N)CC1(C)N. The largest absolute Gasteiger partial charge is 0.492 e. The Morgan fingerprint density at radius 1 is 1.53 bits per heavy atom. The van der Waals surface area contributed by atoms with Crippen molar-refractivity contribution in [2.24, 2.45) is 11.5 Å². The zero-order chi connectivity index (χ0) is 11.5. The number of nitrogens with two attached hydrogens (primary N) is 2. The molecule has 1 saturated carbocycles. The molecule has 0 aromatic rings. The summed E-state index contributed by atoms with van der Waals surface area (Å²) in [6.45, 7) is 8.00. The van der Waals surface area contributed by atoms with Crippen LogP contribution in [0.15, 0.2) is 36.6 Å². The average molecular weight is 208 g/mol. The fraction of sp³-hybridized carbons (Fsp3) is 0.500. The van der Waals surface area contributed by atoms with Gasteiger partial charge in [0.1, 0.15) is 12.4 Å². The summed E-state index contributed by atoms with van der Waals surface area (Å²) in [5, 5.41) is 0. The summed E-state index contributed by atoms with van der Waals surface area (Å²) in [6, 6.07) is 0. The van der Waals surface area contributed by atoms with Gasteiger partial charge in [0.15, 0.2) is 0 Å². The first-order valence-corrected chi connectivity index (χ1v) is 5.11. The van der Waals surface area contributed by atoms with Gasteiger partial charge in [0.25, 0.3) is 0 Å². The maximum atomic E-state index is 6.03. The zero-order valence-corrected chi connectivity index (χ0v) is 9.49. The minimum atomic E-state index is -0.384. The molecule has 3 heteroatoms. The second kappa shape index (κ2) is 4.21. The van der Waals surface area contributed by atoms with E-state index in [0.29, 0.717) is 6.61 Å². The lowest BCUT2D eigenvalue weighted by Gasteiger charge is -2.16. The number of ether oxygens (including phenoxy) is 1. The minimum absolute atomic E-state index is 0.292. The maximum absolute atomic E-state index is 6.03. The quantitative estimate of drug-likeness (QED) is 0.531. The van der Waals surface area contributed by atoms with Gasteiger partial charge in [0.2, 0.25) is 0 Å². The summed E-state index contributed by atoms with van der Waals surface area (Å²) in [5.74, 6) is 0.723. The van der Waals surface area contributed by atoms with Gasteiger partial charge in [-0.25, -0.2) is 0 Å². The maximum Gasteiger partial charge on any atom is 0.118 e. The average Bonchev–Trinajstić information content (AvgIpc) is 2.67. The molecule has 1 aliphatic rings. The molecule has 0 aliphatic heterocycles. The molecule has 0 heterocycles. The minimum Gasteiger partial charge on any atom is -0.492 e. The van der Waals surface area contributed by atoms with Gasteiger partial charge in [-0.05, 0) is 32.4 Å². The van der Waals surface area contributed by atoms with Crippen molar-refractivity contribution in [3.8, 4) is 0 Å². The van der Waals surface area contributed by atoms with E-state index in [4.69, 9.17) is 16.2 Å². The van der Waals surface area contributed by atoms with E-state index in [-0.39, 0.29) is 11.1 Å². The Morgan fingerprint density at radius 3 is 2.53 bits per heavy atom. The fourth-order valence-electron chi connectivity index (χ4n) is 1.41. The molecular weight excluding hydrogens is 188 g/mol. The van der Waals surface area contributed by atoms with Crippen molar-refractivity contribution in [2.75, 3.05) is 6.61 Å². The monoisotopic (exact) mass is 208 g/mol. The number of allylic oxidation sites excluding steroid dienone is 4. The molecule has 4 N–H and O–H groups in total. The van der Waals surface area contributed by atoms with E-state index in [1.807, 2.05) is 32.1 Å². The molecule has 2 atom stereocenters. The molecule has 1 rings (SSSR count). The van der Waals surface area contributed by atoms with Crippen molar-refractivity contribution in [3.05, 3.63) is 36.6 Å². The van der Waals surface area contributed by atoms with E-state index in [1.54, 1.807) is 6.08 Å². The normalized spacial score (nSPS) is 35.6. The summed E-state index contributed by atoms with van der Waals surface area (Å²) in [4.78, 5) is 0. The van der Waals surface area contributed by atoms with Gasteiger partial charge in [-0.2, -0.15) is 0 Å². The second-order valence-electron chi connectivity index (χ2n) is 4.34. The summed E-state index contributed by atoms with van der Waals surface area (Å²) in [7, 11) is 0. The highest BCUT2D eigenvalue weighted by molar-refractivity contribution is 5.24. The molecule has 1 aliphatic carbocycles. The van der Waals surface area contributed by atoms with E-state index in [2.05, 4.69) is 6.58 Å². The molecule has 0 bridgehead atoms. The molecule has 0 amide bonds. The Kier molecular flexibility index (Phi) is 3.37. The Morgan fingerprint density at radius 2 is 2.13 bits per heavy atom. The second-order valence-corrected chi connectivity index (χ2v) is 4.34. The molecule has 0 radical (unpaired) electrons. The summed E-state index contributed by atoms with van der Waals surface area (Å²) in [6.07, 6.45) is 8.14. The van der Waals surface area contributed by atoms with Crippen molar-refractivity contribution in [1.82, 2.24) is 0 Å². The lowest BCUT2D eigenvalue weighted by molar-refractivity contribution is 0.188. The number of hydrogen-bond donors (Lipinski definition) is 2. The van der Waals surface area contributed by atoms with E-state index in [0.717, 1.165) is 12.2 Å². The van der Waals surface area contributed by atoms with Gasteiger partial charge in [-0.1, -0.05) is 18.7 Å². The van der Waals surface area contributed by atoms with Gasteiger partial charge in [-0.15, -0.1) is 0 Å². The lowest BCUT2D eigenvalue weighted by Crippen LogP contribution is -2.42. The first kappa shape index (κ1) is 12.0. The van der Waals surface area contributed by atoms with Crippen LogP contribution in [-0.2, 0) is 4.74 Å². The highest BCUT2D eigenvalue weighted by Crippen LogP contribution is 2.43. The third-order valence-corrected chi connectivity index (χ3v) is 2.85. The van der Waals surface area contributed by atoms with Crippen molar-refractivity contribution < 1.29 is 4.74 Å². The molecule has 0 aromatic heterocycles. The Hall–Kier alpha value is -1.06. The summed E-state index contributed by atoms with van der Waals surface area (Å²) in [5.41, 5.74) is 11.3. The van der Waals surface area contributed by atoms with Crippen molar-refractivity contribution in [1.29, 1.82) is 0 Å². The fourth-order valence-corrected chi connectivity index (χ4v) is 1.41. The van der Waals surface area contributed by atoms with Crippen LogP contribution in [0, 0.1) is 0 Å². The van der Waals surface area contributed by atoms with Crippen LogP contribution in [0.4, 0.5) is 0 Å². The van der Waals surface area contributed by atoms with Crippen molar-refractivity contribution >= 4 is 0 Å². The first-order chi connectivity index (χ1) is 6.95. The van der Waals surface area contributed by atoms with Crippen LogP contribution in [-0.4, -0.2) is 17.7 Å². The van der Waals surface area contributed by atoms with Gasteiger partial charge < -0.3 is 16.2 Å². The first-order valence-electron chi connectivity index (χ1n) is 5.11. The Bertz CT molecular complexity index is 305. The molecule has 15 heavy (non-hydrogen) atoms. The van der Waals surface area contributed by atoms with Gasteiger partial charge in [0.05, 0.1) is 5.54 Å². The highest BCUT2D eigenvalue weighted by atomic mass is 16.5.